The zero-order chi connectivity index (χ0) is 14.2. The van der Waals surface area contributed by atoms with Gasteiger partial charge >= 0.3 is 10.2 Å². The maximum Gasteiger partial charge on any atom is 0.303 e. The highest BCUT2D eigenvalue weighted by molar-refractivity contribution is 7.90. The third kappa shape index (κ3) is 2.54. The van der Waals surface area contributed by atoms with Gasteiger partial charge in [0.2, 0.25) is 5.13 Å². The van der Waals surface area contributed by atoms with Gasteiger partial charge in [-0.25, -0.2) is 9.71 Å². The molecule has 0 aliphatic carbocycles. The lowest BCUT2D eigenvalue weighted by atomic mass is 9.96. The van der Waals surface area contributed by atoms with Gasteiger partial charge in [-0.05, 0) is 30.0 Å². The Morgan fingerprint density at radius 1 is 1.40 bits per heavy atom. The highest BCUT2D eigenvalue weighted by Crippen LogP contribution is 2.24. The molecular formula is C12H14N4O2S2. The van der Waals surface area contributed by atoms with Gasteiger partial charge in [-0.2, -0.15) is 17.1 Å². The van der Waals surface area contributed by atoms with E-state index in [0.717, 1.165) is 23.5 Å². The summed E-state index contributed by atoms with van der Waals surface area (Å²) in [6.07, 6.45) is 2.07. The predicted molar refractivity (Wildman–Crippen MR) is 77.7 cm³/mol. The van der Waals surface area contributed by atoms with Crippen molar-refractivity contribution in [2.45, 2.75) is 19.9 Å². The second kappa shape index (κ2) is 5.12. The largest absolute Gasteiger partial charge is 0.303 e. The molecule has 1 aliphatic heterocycles. The summed E-state index contributed by atoms with van der Waals surface area (Å²) in [6.45, 7) is 2.93. The van der Waals surface area contributed by atoms with Gasteiger partial charge < -0.3 is 0 Å². The first kappa shape index (κ1) is 13.5. The number of nitrogens with one attached hydrogen (secondary N) is 1. The Morgan fingerprint density at radius 2 is 2.25 bits per heavy atom. The highest BCUT2D eigenvalue weighted by Gasteiger charge is 2.27. The molecule has 6 nitrogen and oxygen atoms in total. The normalized spacial score (nSPS) is 15.8. The maximum absolute atomic E-state index is 12.3. The van der Waals surface area contributed by atoms with Crippen molar-refractivity contribution in [3.63, 3.8) is 0 Å². The molecular weight excluding hydrogens is 296 g/mol. The molecule has 0 spiro atoms. The van der Waals surface area contributed by atoms with Gasteiger partial charge in [-0.15, -0.1) is 0 Å². The van der Waals surface area contributed by atoms with Gasteiger partial charge in [0.25, 0.3) is 0 Å². The van der Waals surface area contributed by atoms with Gasteiger partial charge in [-0.3, -0.25) is 0 Å². The predicted octanol–water partition coefficient (Wildman–Crippen LogP) is 1.56. The molecule has 2 aromatic rings. The average molecular weight is 310 g/mol. The lowest BCUT2D eigenvalue weighted by molar-refractivity contribution is 0.394. The minimum absolute atomic E-state index is 0.292. The van der Waals surface area contributed by atoms with E-state index in [1.807, 2.05) is 12.1 Å². The van der Waals surface area contributed by atoms with Crippen molar-refractivity contribution in [2.75, 3.05) is 11.3 Å². The molecule has 0 fully saturated rings. The van der Waals surface area contributed by atoms with E-state index >= 15 is 0 Å². The summed E-state index contributed by atoms with van der Waals surface area (Å²) in [7, 11) is -3.57. The summed E-state index contributed by atoms with van der Waals surface area (Å²) in [5.41, 5.74) is 3.55. The average Bonchev–Trinajstić information content (AvgIpc) is 2.91. The molecule has 0 saturated heterocycles. The summed E-state index contributed by atoms with van der Waals surface area (Å²) in [6, 6.07) is 6.00. The fraction of sp³-hybridized carbons (Fsp3) is 0.333. The van der Waals surface area contributed by atoms with E-state index in [1.54, 1.807) is 0 Å². The van der Waals surface area contributed by atoms with Crippen LogP contribution >= 0.6 is 11.5 Å². The Bertz CT molecular complexity index is 713. The van der Waals surface area contributed by atoms with Crippen LogP contribution in [0.3, 0.4) is 0 Å². The smallest absolute Gasteiger partial charge is 0.244 e. The minimum atomic E-state index is -3.57. The quantitative estimate of drug-likeness (QED) is 0.933. The molecule has 0 radical (unpaired) electrons. The topological polar surface area (TPSA) is 75.2 Å². The summed E-state index contributed by atoms with van der Waals surface area (Å²) < 4.78 is 32.3. The zero-order valence-corrected chi connectivity index (χ0v) is 12.5. The summed E-state index contributed by atoms with van der Waals surface area (Å²) >= 11 is 1.02. The van der Waals surface area contributed by atoms with Crippen molar-refractivity contribution < 1.29 is 8.42 Å². The van der Waals surface area contributed by atoms with E-state index in [1.165, 1.54) is 21.8 Å². The van der Waals surface area contributed by atoms with Gasteiger partial charge in [0, 0.05) is 24.6 Å². The third-order valence-electron chi connectivity index (χ3n) is 3.38. The number of anilines is 1. The zero-order valence-electron chi connectivity index (χ0n) is 10.9. The van der Waals surface area contributed by atoms with Crippen LogP contribution in [0.25, 0.3) is 0 Å². The molecule has 0 unspecified atom stereocenters. The molecule has 0 bridgehead atoms. The summed E-state index contributed by atoms with van der Waals surface area (Å²) in [5.74, 6) is 0. The van der Waals surface area contributed by atoms with E-state index < -0.39 is 10.2 Å². The molecule has 1 N–H and O–H groups in total. The standard InChI is InChI=1S/C12H14N4O2S2/c1-9-3-2-4-10-7-16(6-5-11(9)10)20(17,18)15-12-13-8-14-19-12/h2-4,8H,5-7H2,1H3,(H,13,14,15). The van der Waals surface area contributed by atoms with Crippen molar-refractivity contribution in [2.24, 2.45) is 0 Å². The number of hydrogen-bond acceptors (Lipinski definition) is 5. The van der Waals surface area contributed by atoms with E-state index in [2.05, 4.69) is 27.1 Å². The van der Waals surface area contributed by atoms with E-state index in [-0.39, 0.29) is 0 Å². The van der Waals surface area contributed by atoms with E-state index in [9.17, 15) is 8.42 Å². The molecule has 106 valence electrons. The van der Waals surface area contributed by atoms with Crippen LogP contribution in [0.2, 0.25) is 0 Å². The van der Waals surface area contributed by atoms with E-state index in [4.69, 9.17) is 0 Å². The van der Waals surface area contributed by atoms with Gasteiger partial charge in [-0.1, -0.05) is 18.2 Å². The van der Waals surface area contributed by atoms with Crippen LogP contribution < -0.4 is 4.72 Å². The lowest BCUT2D eigenvalue weighted by Gasteiger charge is -2.28. The van der Waals surface area contributed by atoms with Crippen LogP contribution in [-0.4, -0.2) is 28.6 Å². The number of aromatic nitrogens is 2. The van der Waals surface area contributed by atoms with Crippen LogP contribution in [0.4, 0.5) is 5.13 Å². The molecule has 1 aromatic carbocycles. The van der Waals surface area contributed by atoms with Gasteiger partial charge in [0.05, 0.1) is 0 Å². The first-order valence-corrected chi connectivity index (χ1v) is 8.39. The third-order valence-corrected chi connectivity index (χ3v) is 5.53. The van der Waals surface area contributed by atoms with Crippen molar-refractivity contribution in [3.8, 4) is 0 Å². The Morgan fingerprint density at radius 3 is 3.00 bits per heavy atom. The summed E-state index contributed by atoms with van der Waals surface area (Å²) in [4.78, 5) is 3.85. The second-order valence-corrected chi connectivity index (χ2v) is 7.10. The Kier molecular flexibility index (Phi) is 3.45. The molecule has 1 aromatic heterocycles. The number of rotatable bonds is 3. The second-order valence-electron chi connectivity index (χ2n) is 4.65. The van der Waals surface area contributed by atoms with Crippen LogP contribution in [0.5, 0.6) is 0 Å². The van der Waals surface area contributed by atoms with Crippen LogP contribution in [0.15, 0.2) is 24.5 Å². The first-order valence-electron chi connectivity index (χ1n) is 6.18. The molecule has 0 amide bonds. The van der Waals surface area contributed by atoms with Crippen LogP contribution in [-0.2, 0) is 23.2 Å². The minimum Gasteiger partial charge on any atom is -0.244 e. The molecule has 8 heteroatoms. The molecule has 0 atom stereocenters. The Labute approximate surface area is 121 Å². The monoisotopic (exact) mass is 310 g/mol. The number of fused-ring (bicyclic) bond motifs is 1. The van der Waals surface area contributed by atoms with Crippen molar-refractivity contribution in [1.29, 1.82) is 0 Å². The number of hydrogen-bond donors (Lipinski definition) is 1. The highest BCUT2D eigenvalue weighted by atomic mass is 32.2. The Hall–Kier alpha value is -1.51. The van der Waals surface area contributed by atoms with Gasteiger partial charge in [0.15, 0.2) is 0 Å². The maximum atomic E-state index is 12.3. The van der Waals surface area contributed by atoms with Crippen LogP contribution in [0.1, 0.15) is 16.7 Å². The SMILES string of the molecule is Cc1cccc2c1CCN(S(=O)(=O)Nc1ncns1)C2. The lowest BCUT2D eigenvalue weighted by Crippen LogP contribution is -2.39. The van der Waals surface area contributed by atoms with Crippen molar-refractivity contribution in [3.05, 3.63) is 41.2 Å². The number of benzene rings is 1. The van der Waals surface area contributed by atoms with Crippen molar-refractivity contribution in [1.82, 2.24) is 13.7 Å². The van der Waals surface area contributed by atoms with Crippen molar-refractivity contribution >= 4 is 26.9 Å². The molecule has 20 heavy (non-hydrogen) atoms. The molecule has 0 saturated carbocycles. The number of nitrogens with zero attached hydrogens (tertiary/aromatic N) is 3. The van der Waals surface area contributed by atoms with E-state index in [0.29, 0.717) is 18.2 Å². The summed E-state index contributed by atoms with van der Waals surface area (Å²) in [5, 5.41) is 0.292. The Balaban J connectivity index is 1.83. The van der Waals surface area contributed by atoms with Gasteiger partial charge in [0.1, 0.15) is 6.33 Å². The molecule has 1 aliphatic rings. The fourth-order valence-corrected chi connectivity index (χ4v) is 4.17. The fourth-order valence-electron chi connectivity index (χ4n) is 2.37. The first-order chi connectivity index (χ1) is 9.56. The number of aryl methyl sites for hydroxylation is 1. The van der Waals surface area contributed by atoms with Crippen LogP contribution in [0, 0.1) is 6.92 Å². The molecule has 2 heterocycles. The molecule has 3 rings (SSSR count).